The molecule has 6 nitrogen and oxygen atoms in total. The number of rotatable bonds is 4. The number of nitrogens with two attached hydrogens (primary N) is 1. The SMILES string of the molecule is Cc1cccc(-c2sc(N(C)C)nc2C(=O)N2[C@H]3CC[C@H](C3)[C@@H]2C(N)=O)c1. The van der Waals surface area contributed by atoms with E-state index in [1.54, 1.807) is 4.90 Å². The van der Waals surface area contributed by atoms with Crippen LogP contribution in [0.2, 0.25) is 0 Å². The summed E-state index contributed by atoms with van der Waals surface area (Å²) >= 11 is 1.50. The lowest BCUT2D eigenvalue weighted by molar-refractivity contribution is -0.123. The van der Waals surface area contributed by atoms with Gasteiger partial charge in [0, 0.05) is 20.1 Å². The average Bonchev–Trinajstić information content (AvgIpc) is 3.34. The summed E-state index contributed by atoms with van der Waals surface area (Å²) in [5, 5.41) is 0.773. The second-order valence-corrected chi connectivity index (χ2v) is 8.70. The maximum Gasteiger partial charge on any atom is 0.275 e. The third-order valence-corrected chi connectivity index (χ3v) is 6.86. The fourth-order valence-corrected chi connectivity index (χ4v) is 5.37. The van der Waals surface area contributed by atoms with Gasteiger partial charge in [-0.25, -0.2) is 4.98 Å². The molecule has 4 rings (SSSR count). The molecule has 2 fully saturated rings. The van der Waals surface area contributed by atoms with Crippen LogP contribution in [0.3, 0.4) is 0 Å². The largest absolute Gasteiger partial charge is 0.368 e. The van der Waals surface area contributed by atoms with Gasteiger partial charge in [-0.1, -0.05) is 41.2 Å². The third kappa shape index (κ3) is 3.00. The molecule has 1 saturated heterocycles. The minimum absolute atomic E-state index is 0.0925. The van der Waals surface area contributed by atoms with Crippen molar-refractivity contribution < 1.29 is 9.59 Å². The zero-order valence-corrected chi connectivity index (χ0v) is 16.6. The van der Waals surface area contributed by atoms with Crippen LogP contribution in [0.4, 0.5) is 5.13 Å². The van der Waals surface area contributed by atoms with Gasteiger partial charge < -0.3 is 15.5 Å². The highest BCUT2D eigenvalue weighted by Crippen LogP contribution is 2.44. The van der Waals surface area contributed by atoms with E-state index in [9.17, 15) is 9.59 Å². The fraction of sp³-hybridized carbons (Fsp3) is 0.450. The molecule has 1 aromatic carbocycles. The van der Waals surface area contributed by atoms with Crippen molar-refractivity contribution in [1.29, 1.82) is 0 Å². The lowest BCUT2D eigenvalue weighted by Gasteiger charge is -2.33. The molecule has 2 bridgehead atoms. The Morgan fingerprint density at radius 1 is 1.30 bits per heavy atom. The first kappa shape index (κ1) is 18.0. The monoisotopic (exact) mass is 384 g/mol. The quantitative estimate of drug-likeness (QED) is 0.879. The van der Waals surface area contributed by atoms with Gasteiger partial charge in [-0.15, -0.1) is 0 Å². The van der Waals surface area contributed by atoms with Crippen LogP contribution in [0.5, 0.6) is 0 Å². The van der Waals surface area contributed by atoms with Gasteiger partial charge in [-0.2, -0.15) is 0 Å². The van der Waals surface area contributed by atoms with Crippen molar-refractivity contribution in [1.82, 2.24) is 9.88 Å². The van der Waals surface area contributed by atoms with Crippen LogP contribution in [-0.2, 0) is 4.79 Å². The maximum absolute atomic E-state index is 13.5. The van der Waals surface area contributed by atoms with E-state index in [-0.39, 0.29) is 17.9 Å². The van der Waals surface area contributed by atoms with E-state index in [4.69, 9.17) is 5.73 Å². The highest BCUT2D eigenvalue weighted by Gasteiger charge is 2.51. The van der Waals surface area contributed by atoms with E-state index >= 15 is 0 Å². The van der Waals surface area contributed by atoms with E-state index < -0.39 is 11.9 Å². The molecule has 0 spiro atoms. The Bertz CT molecular complexity index is 907. The maximum atomic E-state index is 13.5. The Hall–Kier alpha value is -2.41. The molecule has 3 atom stereocenters. The van der Waals surface area contributed by atoms with Gasteiger partial charge in [0.1, 0.15) is 11.7 Å². The molecule has 7 heteroatoms. The Morgan fingerprint density at radius 2 is 2.07 bits per heavy atom. The molecule has 2 aliphatic rings. The number of anilines is 1. The predicted octanol–water partition coefficient (Wildman–Crippen LogP) is 2.66. The number of likely N-dealkylation sites (tertiary alicyclic amines) is 1. The molecule has 27 heavy (non-hydrogen) atoms. The topological polar surface area (TPSA) is 79.5 Å². The average molecular weight is 385 g/mol. The van der Waals surface area contributed by atoms with Crippen LogP contribution in [0, 0.1) is 12.8 Å². The number of hydrogen-bond acceptors (Lipinski definition) is 5. The van der Waals surface area contributed by atoms with Gasteiger partial charge >= 0.3 is 0 Å². The van der Waals surface area contributed by atoms with Gasteiger partial charge in [0.25, 0.3) is 5.91 Å². The summed E-state index contributed by atoms with van der Waals surface area (Å²) < 4.78 is 0. The standard InChI is InChI=1S/C20H24N4O2S/c1-11-5-4-6-13(9-11)17-15(22-20(27-17)23(2)3)19(26)24-14-8-7-12(10-14)16(24)18(21)25/h4-6,9,12,14,16H,7-8,10H2,1-3H3,(H2,21,25)/t12-,14+,16-/m1/s1. The molecule has 1 aromatic heterocycles. The highest BCUT2D eigenvalue weighted by molar-refractivity contribution is 7.19. The zero-order valence-electron chi connectivity index (χ0n) is 15.8. The van der Waals surface area contributed by atoms with Crippen molar-refractivity contribution in [2.75, 3.05) is 19.0 Å². The summed E-state index contributed by atoms with van der Waals surface area (Å²) in [7, 11) is 3.83. The molecule has 142 valence electrons. The Balaban J connectivity index is 1.78. The van der Waals surface area contributed by atoms with Gasteiger partial charge in [-0.3, -0.25) is 9.59 Å². The van der Waals surface area contributed by atoms with Crippen molar-refractivity contribution in [3.05, 3.63) is 35.5 Å². The first-order valence-corrected chi connectivity index (χ1v) is 10.1. The molecule has 0 unspecified atom stereocenters. The van der Waals surface area contributed by atoms with E-state index in [1.165, 1.54) is 11.3 Å². The molecule has 2 amide bonds. The van der Waals surface area contributed by atoms with Crippen molar-refractivity contribution in [3.63, 3.8) is 0 Å². The highest BCUT2D eigenvalue weighted by atomic mass is 32.1. The van der Waals surface area contributed by atoms with E-state index in [0.29, 0.717) is 5.69 Å². The minimum atomic E-state index is -0.508. The number of carbonyl (C=O) groups is 2. The van der Waals surface area contributed by atoms with Crippen LogP contribution in [0.1, 0.15) is 35.3 Å². The smallest absolute Gasteiger partial charge is 0.275 e. The van der Waals surface area contributed by atoms with Crippen molar-refractivity contribution in [2.45, 2.75) is 38.3 Å². The number of amides is 2. The third-order valence-electron chi connectivity index (χ3n) is 5.59. The molecule has 0 radical (unpaired) electrons. The molecule has 1 aliphatic carbocycles. The molecular weight excluding hydrogens is 360 g/mol. The van der Waals surface area contributed by atoms with E-state index in [0.717, 1.165) is 40.4 Å². The summed E-state index contributed by atoms with van der Waals surface area (Å²) in [4.78, 5) is 34.7. The number of fused-ring (bicyclic) bond motifs is 2. The number of hydrogen-bond donors (Lipinski definition) is 1. The van der Waals surface area contributed by atoms with Crippen LogP contribution in [0.15, 0.2) is 24.3 Å². The second kappa shape index (κ2) is 6.64. The molecule has 1 aliphatic heterocycles. The molecular formula is C20H24N4O2S. The number of primary amides is 1. The lowest BCUT2D eigenvalue weighted by atomic mass is 9.97. The lowest BCUT2D eigenvalue weighted by Crippen LogP contribution is -2.51. The first-order valence-electron chi connectivity index (χ1n) is 9.24. The zero-order chi connectivity index (χ0) is 19.3. The molecule has 2 N–H and O–H groups in total. The number of thiazole rings is 1. The Kier molecular flexibility index (Phi) is 4.42. The van der Waals surface area contributed by atoms with Crippen molar-refractivity contribution in [3.8, 4) is 10.4 Å². The molecule has 1 saturated carbocycles. The summed E-state index contributed by atoms with van der Waals surface area (Å²) in [6, 6.07) is 7.66. The van der Waals surface area contributed by atoms with E-state index in [2.05, 4.69) is 11.1 Å². The van der Waals surface area contributed by atoms with Crippen molar-refractivity contribution >= 4 is 28.3 Å². The summed E-state index contributed by atoms with van der Waals surface area (Å²) in [6.07, 6.45) is 2.77. The number of piperidine rings is 1. The summed E-state index contributed by atoms with van der Waals surface area (Å²) in [6.45, 7) is 2.03. The van der Waals surface area contributed by atoms with Gasteiger partial charge in [-0.05, 0) is 37.7 Å². The van der Waals surface area contributed by atoms with Crippen LogP contribution >= 0.6 is 11.3 Å². The molecule has 2 heterocycles. The van der Waals surface area contributed by atoms with Crippen LogP contribution < -0.4 is 10.6 Å². The normalized spacial score (nSPS) is 23.7. The minimum Gasteiger partial charge on any atom is -0.368 e. The summed E-state index contributed by atoms with van der Waals surface area (Å²) in [5.74, 6) is -0.395. The number of benzene rings is 1. The number of nitrogens with zero attached hydrogens (tertiary/aromatic N) is 3. The number of carbonyl (C=O) groups excluding carboxylic acids is 2. The predicted molar refractivity (Wildman–Crippen MR) is 107 cm³/mol. The van der Waals surface area contributed by atoms with E-state index in [1.807, 2.05) is 44.1 Å². The number of aromatic nitrogens is 1. The Labute approximate surface area is 163 Å². The van der Waals surface area contributed by atoms with Crippen LogP contribution in [-0.4, -0.2) is 47.9 Å². The van der Waals surface area contributed by atoms with Gasteiger partial charge in [0.05, 0.1) is 4.88 Å². The Morgan fingerprint density at radius 3 is 2.74 bits per heavy atom. The first-order chi connectivity index (χ1) is 12.9. The second-order valence-electron chi connectivity index (χ2n) is 7.72. The number of aryl methyl sites for hydroxylation is 1. The van der Waals surface area contributed by atoms with Gasteiger partial charge in [0.2, 0.25) is 5.91 Å². The van der Waals surface area contributed by atoms with Gasteiger partial charge in [0.15, 0.2) is 5.13 Å². The molecule has 2 aromatic rings. The summed E-state index contributed by atoms with van der Waals surface area (Å²) in [5.41, 5.74) is 8.18. The van der Waals surface area contributed by atoms with Crippen LogP contribution in [0.25, 0.3) is 10.4 Å². The fourth-order valence-electron chi connectivity index (χ4n) is 4.40. The van der Waals surface area contributed by atoms with Crippen molar-refractivity contribution in [2.24, 2.45) is 11.7 Å².